The van der Waals surface area contributed by atoms with Gasteiger partial charge in [0.05, 0.1) is 20.3 Å². The number of aliphatic imine (C=N–C) groups is 1. The fourth-order valence-electron chi connectivity index (χ4n) is 2.83. The Labute approximate surface area is 111 Å². The average Bonchev–Trinajstić information content (AvgIpc) is 2.80. The Hall–Kier alpha value is -2.10. The third kappa shape index (κ3) is 1.52. The van der Waals surface area contributed by atoms with Crippen molar-refractivity contribution in [3.63, 3.8) is 0 Å². The Kier molecular flexibility index (Phi) is 2.66. The molecule has 1 heterocycles. The lowest BCUT2D eigenvalue weighted by Crippen LogP contribution is -2.26. The summed E-state index contributed by atoms with van der Waals surface area (Å²) >= 11 is 0. The smallest absolute Gasteiger partial charge is 0.227 e. The van der Waals surface area contributed by atoms with E-state index >= 15 is 0 Å². The van der Waals surface area contributed by atoms with Crippen LogP contribution in [0, 0.1) is 5.92 Å². The molecule has 0 spiro atoms. The molecule has 3 aliphatic rings. The number of fused-ring (bicyclic) bond motifs is 3. The summed E-state index contributed by atoms with van der Waals surface area (Å²) in [7, 11) is 3.09. The largest absolute Gasteiger partial charge is 0.494 e. The molecule has 0 bridgehead atoms. The van der Waals surface area contributed by atoms with Crippen LogP contribution in [0.15, 0.2) is 52.0 Å². The van der Waals surface area contributed by atoms with Gasteiger partial charge in [-0.2, -0.15) is 0 Å². The van der Waals surface area contributed by atoms with Crippen LogP contribution in [0.4, 0.5) is 0 Å². The molecule has 1 aliphatic heterocycles. The quantitative estimate of drug-likeness (QED) is 0.710. The highest BCUT2D eigenvalue weighted by Gasteiger charge is 2.42. The summed E-state index contributed by atoms with van der Waals surface area (Å²) in [5.41, 5.74) is 2.15. The van der Waals surface area contributed by atoms with E-state index in [4.69, 9.17) is 9.47 Å². The van der Waals surface area contributed by atoms with E-state index in [1.165, 1.54) is 7.11 Å². The van der Waals surface area contributed by atoms with E-state index in [9.17, 15) is 4.79 Å². The molecule has 0 radical (unpaired) electrons. The predicted octanol–water partition coefficient (Wildman–Crippen LogP) is 1.96. The van der Waals surface area contributed by atoms with Gasteiger partial charge >= 0.3 is 0 Å². The first kappa shape index (κ1) is 12.0. The molecule has 0 N–H and O–H groups in total. The van der Waals surface area contributed by atoms with Gasteiger partial charge in [-0.05, 0) is 6.92 Å². The van der Waals surface area contributed by atoms with Gasteiger partial charge in [0.2, 0.25) is 5.78 Å². The monoisotopic (exact) mass is 257 g/mol. The number of carbonyl (C=O) groups is 1. The summed E-state index contributed by atoms with van der Waals surface area (Å²) in [6.07, 6.45) is 8.03. The first-order chi connectivity index (χ1) is 9.19. The molecule has 0 amide bonds. The normalized spacial score (nSPS) is 28.4. The third-order valence-electron chi connectivity index (χ3n) is 3.73. The van der Waals surface area contributed by atoms with E-state index in [-0.39, 0.29) is 17.7 Å². The Morgan fingerprint density at radius 3 is 2.47 bits per heavy atom. The van der Waals surface area contributed by atoms with Crippen LogP contribution in [0.1, 0.15) is 6.92 Å². The van der Waals surface area contributed by atoms with Crippen molar-refractivity contribution in [2.24, 2.45) is 10.9 Å². The minimum atomic E-state index is -0.114. The number of hydrogen-bond donors (Lipinski definition) is 0. The Morgan fingerprint density at radius 2 is 1.79 bits per heavy atom. The molecule has 0 aromatic heterocycles. The average molecular weight is 257 g/mol. The zero-order valence-electron chi connectivity index (χ0n) is 11.1. The fraction of sp³-hybridized carbons (Fsp3) is 0.333. The van der Waals surface area contributed by atoms with Crippen LogP contribution < -0.4 is 0 Å². The van der Waals surface area contributed by atoms with Gasteiger partial charge in [0.1, 0.15) is 5.71 Å². The molecule has 4 heteroatoms. The van der Waals surface area contributed by atoms with Gasteiger partial charge in [-0.1, -0.05) is 24.3 Å². The molecule has 0 saturated carbocycles. The molecular formula is C15H15NO3. The molecule has 4 nitrogen and oxygen atoms in total. The number of ketones is 1. The van der Waals surface area contributed by atoms with E-state index in [1.54, 1.807) is 14.0 Å². The molecule has 0 aromatic carbocycles. The van der Waals surface area contributed by atoms with Gasteiger partial charge < -0.3 is 9.47 Å². The summed E-state index contributed by atoms with van der Waals surface area (Å²) in [5, 5.41) is 0. The molecule has 0 saturated heterocycles. The number of Topliss-reactive ketones (excluding diaryl/α,β-unsaturated/α-hetero) is 1. The van der Waals surface area contributed by atoms with Gasteiger partial charge in [0, 0.05) is 17.1 Å². The van der Waals surface area contributed by atoms with Crippen molar-refractivity contribution in [3.8, 4) is 0 Å². The molecule has 2 atom stereocenters. The second kappa shape index (κ2) is 4.23. The van der Waals surface area contributed by atoms with Gasteiger partial charge in [-0.3, -0.25) is 9.79 Å². The van der Waals surface area contributed by atoms with Crippen molar-refractivity contribution in [1.82, 2.24) is 0 Å². The van der Waals surface area contributed by atoms with E-state index in [2.05, 4.69) is 11.1 Å². The van der Waals surface area contributed by atoms with Crippen LogP contribution in [0.25, 0.3) is 0 Å². The number of rotatable bonds is 2. The van der Waals surface area contributed by atoms with Crippen LogP contribution in [0.2, 0.25) is 0 Å². The van der Waals surface area contributed by atoms with E-state index in [0.717, 1.165) is 11.3 Å². The van der Waals surface area contributed by atoms with Crippen LogP contribution in [0.3, 0.4) is 0 Å². The van der Waals surface area contributed by atoms with Gasteiger partial charge in [-0.25, -0.2) is 0 Å². The van der Waals surface area contributed by atoms with Gasteiger partial charge in [0.25, 0.3) is 0 Å². The second-order valence-corrected chi connectivity index (χ2v) is 4.70. The first-order valence-corrected chi connectivity index (χ1v) is 6.20. The van der Waals surface area contributed by atoms with Crippen molar-refractivity contribution in [2.45, 2.75) is 13.0 Å². The van der Waals surface area contributed by atoms with Crippen molar-refractivity contribution in [1.29, 1.82) is 0 Å². The minimum Gasteiger partial charge on any atom is -0.494 e. The van der Waals surface area contributed by atoms with Crippen molar-refractivity contribution in [3.05, 3.63) is 47.0 Å². The highest BCUT2D eigenvalue weighted by atomic mass is 16.5. The Balaban J connectivity index is 2.21. The molecule has 2 aliphatic carbocycles. The van der Waals surface area contributed by atoms with Gasteiger partial charge in [-0.15, -0.1) is 0 Å². The number of allylic oxidation sites excluding steroid dienone is 4. The maximum Gasteiger partial charge on any atom is 0.227 e. The molecule has 0 fully saturated rings. The predicted molar refractivity (Wildman–Crippen MR) is 71.7 cm³/mol. The number of methoxy groups -OCH3 is 2. The summed E-state index contributed by atoms with van der Waals surface area (Å²) in [6.45, 7) is 1.74. The molecule has 0 aromatic rings. The van der Waals surface area contributed by atoms with E-state index in [1.807, 2.05) is 18.2 Å². The Bertz CT molecular complexity index is 605. The van der Waals surface area contributed by atoms with Crippen molar-refractivity contribution < 1.29 is 14.3 Å². The third-order valence-corrected chi connectivity index (χ3v) is 3.73. The van der Waals surface area contributed by atoms with E-state index in [0.29, 0.717) is 17.1 Å². The maximum atomic E-state index is 12.3. The van der Waals surface area contributed by atoms with Crippen LogP contribution in [0.5, 0.6) is 0 Å². The first-order valence-electron chi connectivity index (χ1n) is 6.20. The molecule has 19 heavy (non-hydrogen) atoms. The highest BCUT2D eigenvalue weighted by molar-refractivity contribution is 6.26. The highest BCUT2D eigenvalue weighted by Crippen LogP contribution is 2.40. The second-order valence-electron chi connectivity index (χ2n) is 4.70. The molecular weight excluding hydrogens is 242 g/mol. The lowest BCUT2D eigenvalue weighted by Gasteiger charge is -2.23. The van der Waals surface area contributed by atoms with Crippen LogP contribution in [-0.2, 0) is 14.3 Å². The van der Waals surface area contributed by atoms with E-state index < -0.39 is 0 Å². The SMILES string of the molecule is COC1=C(C)C(=O)C(OC)=C2C1=N[C@H]1C=CC=C[C@@H]21. The molecule has 98 valence electrons. The number of carbonyl (C=O) groups excluding carboxylic acids is 1. The summed E-state index contributed by atoms with van der Waals surface area (Å²) in [5.74, 6) is 0.913. The molecule has 3 rings (SSSR count). The topological polar surface area (TPSA) is 47.9 Å². The fourth-order valence-corrected chi connectivity index (χ4v) is 2.83. The summed E-state index contributed by atoms with van der Waals surface area (Å²) in [6, 6.07) is 0.0315. The van der Waals surface area contributed by atoms with Crippen LogP contribution in [-0.4, -0.2) is 31.8 Å². The summed E-state index contributed by atoms with van der Waals surface area (Å²) < 4.78 is 10.7. The van der Waals surface area contributed by atoms with Crippen molar-refractivity contribution >= 4 is 11.5 Å². The standard InChI is InChI=1S/C15H15NO3/c1-8-13(17)15(19-3)11-9-6-4-5-7-10(9)16-12(11)14(8)18-2/h4-7,9-10H,1-3H3/t9-,10+/m1/s1. The lowest BCUT2D eigenvalue weighted by atomic mass is 9.83. The maximum absolute atomic E-state index is 12.3. The zero-order chi connectivity index (χ0) is 13.6. The number of ether oxygens (including phenoxy) is 2. The van der Waals surface area contributed by atoms with Crippen molar-refractivity contribution in [2.75, 3.05) is 14.2 Å². The van der Waals surface area contributed by atoms with Crippen LogP contribution >= 0.6 is 0 Å². The number of nitrogens with zero attached hydrogens (tertiary/aromatic N) is 1. The summed E-state index contributed by atoms with van der Waals surface area (Å²) in [4.78, 5) is 17.0. The molecule has 0 unspecified atom stereocenters. The lowest BCUT2D eigenvalue weighted by molar-refractivity contribution is -0.115. The minimum absolute atomic E-state index is 0.0315. The zero-order valence-corrected chi connectivity index (χ0v) is 11.1. The van der Waals surface area contributed by atoms with Gasteiger partial charge in [0.15, 0.2) is 11.5 Å². The Morgan fingerprint density at radius 1 is 1.11 bits per heavy atom. The number of hydrogen-bond acceptors (Lipinski definition) is 4.